The lowest BCUT2D eigenvalue weighted by Gasteiger charge is -2.27. The number of anilines is 3. The molecule has 3 rings (SSSR count). The predicted octanol–water partition coefficient (Wildman–Crippen LogP) is 3.74. The van der Waals surface area contributed by atoms with Crippen molar-refractivity contribution in [3.8, 4) is 0 Å². The van der Waals surface area contributed by atoms with Gasteiger partial charge in [0.1, 0.15) is 6.33 Å². The first-order valence-corrected chi connectivity index (χ1v) is 8.15. The fraction of sp³-hybridized carbons (Fsp3) is 0.412. The van der Waals surface area contributed by atoms with Gasteiger partial charge >= 0.3 is 5.69 Å². The molecule has 1 saturated heterocycles. The van der Waals surface area contributed by atoms with Gasteiger partial charge in [0.25, 0.3) is 0 Å². The predicted molar refractivity (Wildman–Crippen MR) is 93.9 cm³/mol. The van der Waals surface area contributed by atoms with Crippen molar-refractivity contribution in [1.82, 2.24) is 9.97 Å². The second-order valence-electron chi connectivity index (χ2n) is 6.14. The largest absolute Gasteiger partial charge is 0.353 e. The van der Waals surface area contributed by atoms with Gasteiger partial charge in [0.05, 0.1) is 4.92 Å². The Kier molecular flexibility index (Phi) is 4.59. The number of benzene rings is 1. The molecule has 2 heterocycles. The molecule has 7 heteroatoms. The Hall–Kier alpha value is -2.70. The molecule has 0 radical (unpaired) electrons. The summed E-state index contributed by atoms with van der Waals surface area (Å²) in [5, 5.41) is 14.8. The fourth-order valence-corrected chi connectivity index (χ4v) is 3.05. The standard InChI is InChI=1S/C17H21N5O2/c1-12-6-7-14(13(2)10-12)20-16-15(22(23)24)17(19-11-18-16)21-8-4-3-5-9-21/h6-7,10-11H,3-5,8-9H2,1-2H3,(H,18,19,20). The molecule has 0 bridgehead atoms. The molecule has 1 aromatic heterocycles. The molecule has 0 saturated carbocycles. The molecular formula is C17H21N5O2. The van der Waals surface area contributed by atoms with Gasteiger partial charge in [0, 0.05) is 18.8 Å². The van der Waals surface area contributed by atoms with Crippen molar-refractivity contribution in [3.05, 3.63) is 45.8 Å². The molecular weight excluding hydrogens is 306 g/mol. The third-order valence-corrected chi connectivity index (χ3v) is 4.28. The maximum absolute atomic E-state index is 11.7. The van der Waals surface area contributed by atoms with Gasteiger partial charge in [-0.05, 0) is 44.7 Å². The molecule has 0 amide bonds. The van der Waals surface area contributed by atoms with Crippen molar-refractivity contribution in [1.29, 1.82) is 0 Å². The van der Waals surface area contributed by atoms with Crippen molar-refractivity contribution < 1.29 is 4.92 Å². The van der Waals surface area contributed by atoms with E-state index in [0.29, 0.717) is 5.82 Å². The van der Waals surface area contributed by atoms with Crippen molar-refractivity contribution >= 4 is 23.0 Å². The molecule has 2 aromatic rings. The van der Waals surface area contributed by atoms with Gasteiger partial charge in [-0.3, -0.25) is 10.1 Å². The third kappa shape index (κ3) is 3.29. The van der Waals surface area contributed by atoms with Gasteiger partial charge in [0.15, 0.2) is 0 Å². The Morgan fingerprint density at radius 1 is 1.17 bits per heavy atom. The zero-order valence-electron chi connectivity index (χ0n) is 14.0. The molecule has 1 fully saturated rings. The third-order valence-electron chi connectivity index (χ3n) is 4.28. The molecule has 0 unspecified atom stereocenters. The zero-order chi connectivity index (χ0) is 17.1. The summed E-state index contributed by atoms with van der Waals surface area (Å²) in [6.45, 7) is 5.56. The first kappa shape index (κ1) is 16.2. The van der Waals surface area contributed by atoms with Crippen LogP contribution in [0.15, 0.2) is 24.5 Å². The van der Waals surface area contributed by atoms with Gasteiger partial charge in [-0.15, -0.1) is 0 Å². The van der Waals surface area contributed by atoms with E-state index >= 15 is 0 Å². The minimum absolute atomic E-state index is 0.0561. The minimum atomic E-state index is -0.393. The SMILES string of the molecule is Cc1ccc(Nc2ncnc(N3CCCCC3)c2[N+](=O)[O-])c(C)c1. The van der Waals surface area contributed by atoms with E-state index in [0.717, 1.165) is 49.2 Å². The van der Waals surface area contributed by atoms with Crippen LogP contribution in [0.2, 0.25) is 0 Å². The smallest absolute Gasteiger partial charge is 0.351 e. The van der Waals surface area contributed by atoms with Crippen LogP contribution in [0, 0.1) is 24.0 Å². The van der Waals surface area contributed by atoms with Gasteiger partial charge in [-0.25, -0.2) is 9.97 Å². The summed E-state index contributed by atoms with van der Waals surface area (Å²) < 4.78 is 0. The number of nitrogens with zero attached hydrogens (tertiary/aromatic N) is 4. The first-order chi connectivity index (χ1) is 11.6. The van der Waals surface area contributed by atoms with E-state index in [9.17, 15) is 10.1 Å². The average molecular weight is 327 g/mol. The average Bonchev–Trinajstić information content (AvgIpc) is 2.58. The van der Waals surface area contributed by atoms with Crippen LogP contribution in [0.25, 0.3) is 0 Å². The van der Waals surface area contributed by atoms with Gasteiger partial charge in [0.2, 0.25) is 11.6 Å². The van der Waals surface area contributed by atoms with Gasteiger partial charge < -0.3 is 10.2 Å². The number of rotatable bonds is 4. The Morgan fingerprint density at radius 2 is 1.92 bits per heavy atom. The molecule has 1 aliphatic heterocycles. The number of hydrogen-bond donors (Lipinski definition) is 1. The number of hydrogen-bond acceptors (Lipinski definition) is 6. The van der Waals surface area contributed by atoms with Crippen LogP contribution < -0.4 is 10.2 Å². The highest BCUT2D eigenvalue weighted by molar-refractivity contribution is 5.75. The van der Waals surface area contributed by atoms with Crippen molar-refractivity contribution in [2.24, 2.45) is 0 Å². The summed E-state index contributed by atoms with van der Waals surface area (Å²) in [4.78, 5) is 21.6. The number of nitrogens with one attached hydrogen (secondary N) is 1. The fourth-order valence-electron chi connectivity index (χ4n) is 3.05. The highest BCUT2D eigenvalue weighted by Gasteiger charge is 2.28. The van der Waals surface area contributed by atoms with Crippen molar-refractivity contribution in [2.45, 2.75) is 33.1 Å². The zero-order valence-corrected chi connectivity index (χ0v) is 14.0. The molecule has 7 nitrogen and oxygen atoms in total. The number of aromatic nitrogens is 2. The van der Waals surface area contributed by atoms with Crippen LogP contribution in [-0.2, 0) is 0 Å². The Labute approximate surface area is 140 Å². The van der Waals surface area contributed by atoms with Crippen molar-refractivity contribution in [2.75, 3.05) is 23.3 Å². The Bertz CT molecular complexity index is 757. The van der Waals surface area contributed by atoms with Crippen LogP contribution in [0.4, 0.5) is 23.0 Å². The van der Waals surface area contributed by atoms with E-state index < -0.39 is 4.92 Å². The lowest BCUT2D eigenvalue weighted by atomic mass is 10.1. The summed E-state index contributed by atoms with van der Waals surface area (Å²) in [6, 6.07) is 5.91. The second kappa shape index (κ2) is 6.82. The minimum Gasteiger partial charge on any atom is -0.351 e. The highest BCUT2D eigenvalue weighted by Crippen LogP contribution is 2.35. The lowest BCUT2D eigenvalue weighted by molar-refractivity contribution is -0.383. The highest BCUT2D eigenvalue weighted by atomic mass is 16.6. The van der Waals surface area contributed by atoms with Crippen LogP contribution >= 0.6 is 0 Å². The quantitative estimate of drug-likeness (QED) is 0.680. The number of piperidine rings is 1. The summed E-state index contributed by atoms with van der Waals surface area (Å²) in [5.74, 6) is 0.643. The Balaban J connectivity index is 1.99. The normalized spacial score (nSPS) is 14.5. The Morgan fingerprint density at radius 3 is 2.58 bits per heavy atom. The maximum Gasteiger partial charge on any atom is 0.353 e. The number of aryl methyl sites for hydroxylation is 2. The van der Waals surface area contributed by atoms with Crippen molar-refractivity contribution in [3.63, 3.8) is 0 Å². The maximum atomic E-state index is 11.7. The monoisotopic (exact) mass is 327 g/mol. The molecule has 0 atom stereocenters. The molecule has 24 heavy (non-hydrogen) atoms. The summed E-state index contributed by atoms with van der Waals surface area (Å²) in [6.07, 6.45) is 4.60. The van der Waals surface area contributed by atoms with Crippen LogP contribution in [0.1, 0.15) is 30.4 Å². The first-order valence-electron chi connectivity index (χ1n) is 8.15. The molecule has 126 valence electrons. The second-order valence-corrected chi connectivity index (χ2v) is 6.14. The molecule has 1 N–H and O–H groups in total. The molecule has 1 aromatic carbocycles. The van der Waals surface area contributed by atoms with E-state index in [2.05, 4.69) is 15.3 Å². The van der Waals surface area contributed by atoms with Crippen LogP contribution in [0.5, 0.6) is 0 Å². The number of nitro groups is 1. The van der Waals surface area contributed by atoms with Gasteiger partial charge in [-0.2, -0.15) is 0 Å². The van der Waals surface area contributed by atoms with E-state index in [4.69, 9.17) is 0 Å². The van der Waals surface area contributed by atoms with Crippen LogP contribution in [-0.4, -0.2) is 28.0 Å². The lowest BCUT2D eigenvalue weighted by Crippen LogP contribution is -2.31. The van der Waals surface area contributed by atoms with E-state index in [-0.39, 0.29) is 11.5 Å². The van der Waals surface area contributed by atoms with E-state index in [1.165, 1.54) is 6.33 Å². The van der Waals surface area contributed by atoms with E-state index in [1.807, 2.05) is 36.9 Å². The van der Waals surface area contributed by atoms with Gasteiger partial charge in [-0.1, -0.05) is 17.7 Å². The molecule has 0 spiro atoms. The molecule has 0 aliphatic carbocycles. The summed E-state index contributed by atoms with van der Waals surface area (Å²) >= 11 is 0. The molecule has 1 aliphatic rings. The van der Waals surface area contributed by atoms with E-state index in [1.54, 1.807) is 0 Å². The summed E-state index contributed by atoms with van der Waals surface area (Å²) in [7, 11) is 0. The topological polar surface area (TPSA) is 84.2 Å². The van der Waals surface area contributed by atoms with Crippen LogP contribution in [0.3, 0.4) is 0 Å². The summed E-state index contributed by atoms with van der Waals surface area (Å²) in [5.41, 5.74) is 2.91.